The van der Waals surface area contributed by atoms with Gasteiger partial charge in [-0.3, -0.25) is 10.1 Å². The number of carboxylic acid groups (broad SMARTS) is 1. The van der Waals surface area contributed by atoms with Crippen LogP contribution >= 0.6 is 23.1 Å². The van der Waals surface area contributed by atoms with Crippen LogP contribution in [-0.4, -0.2) is 52.7 Å². The Balaban J connectivity index is 2.09. The van der Waals surface area contributed by atoms with Crippen molar-refractivity contribution in [1.82, 2.24) is 15.5 Å². The molecule has 1 aliphatic rings. The van der Waals surface area contributed by atoms with E-state index in [9.17, 15) is 9.90 Å². The van der Waals surface area contributed by atoms with Gasteiger partial charge in [-0.15, -0.1) is 10.2 Å². The van der Waals surface area contributed by atoms with Crippen molar-refractivity contribution in [3.05, 3.63) is 0 Å². The van der Waals surface area contributed by atoms with Crippen LogP contribution in [0.1, 0.15) is 26.7 Å². The zero-order valence-corrected chi connectivity index (χ0v) is 14.4. The normalized spacial score (nSPS) is 17.8. The van der Waals surface area contributed by atoms with E-state index in [0.29, 0.717) is 5.75 Å². The molecule has 0 aliphatic heterocycles. The van der Waals surface area contributed by atoms with Crippen molar-refractivity contribution in [3.63, 3.8) is 0 Å². The van der Waals surface area contributed by atoms with Crippen LogP contribution in [0.4, 0.5) is 5.13 Å². The fourth-order valence-corrected chi connectivity index (χ4v) is 4.31. The van der Waals surface area contributed by atoms with Crippen LogP contribution < -0.4 is 10.2 Å². The van der Waals surface area contributed by atoms with Crippen molar-refractivity contribution in [2.75, 3.05) is 24.7 Å². The Morgan fingerprint density at radius 2 is 2.19 bits per heavy atom. The monoisotopic (exact) mass is 330 g/mol. The van der Waals surface area contributed by atoms with Gasteiger partial charge in [-0.1, -0.05) is 23.1 Å². The molecule has 1 heterocycles. The van der Waals surface area contributed by atoms with E-state index in [2.05, 4.69) is 15.5 Å². The van der Waals surface area contributed by atoms with Gasteiger partial charge >= 0.3 is 5.97 Å². The molecule has 0 bridgehead atoms. The summed E-state index contributed by atoms with van der Waals surface area (Å²) >= 11 is 2.97. The molecular formula is C13H22N4O2S2. The van der Waals surface area contributed by atoms with Crippen molar-refractivity contribution in [2.45, 2.75) is 42.6 Å². The van der Waals surface area contributed by atoms with Crippen LogP contribution in [0, 0.1) is 5.92 Å². The standard InChI is InChI=1S/C13H22N4O2S2/c1-8(2)14-13(10(18)19,9-5-6-9)7-20-12-16-15-11(21-12)17(3)4/h8-9,14H,5-7H2,1-4H3,(H,18,19). The minimum absolute atomic E-state index is 0.133. The second kappa shape index (κ2) is 6.50. The first-order chi connectivity index (χ1) is 9.85. The lowest BCUT2D eigenvalue weighted by Gasteiger charge is -2.32. The summed E-state index contributed by atoms with van der Waals surface area (Å²) in [6, 6.07) is 0.133. The number of nitrogens with zero attached hydrogens (tertiary/aromatic N) is 3. The molecule has 8 heteroatoms. The summed E-state index contributed by atoms with van der Waals surface area (Å²) in [4.78, 5) is 13.8. The minimum Gasteiger partial charge on any atom is -0.480 e. The first kappa shape index (κ1) is 16.5. The Kier molecular flexibility index (Phi) is 5.11. The molecule has 1 aromatic heterocycles. The third kappa shape index (κ3) is 3.87. The molecule has 1 saturated carbocycles. The highest BCUT2D eigenvalue weighted by Crippen LogP contribution is 2.43. The van der Waals surface area contributed by atoms with Crippen LogP contribution in [-0.2, 0) is 4.79 Å². The molecule has 21 heavy (non-hydrogen) atoms. The van der Waals surface area contributed by atoms with Crippen LogP contribution in [0.15, 0.2) is 4.34 Å². The summed E-state index contributed by atoms with van der Waals surface area (Å²) in [6.07, 6.45) is 1.96. The van der Waals surface area contributed by atoms with E-state index < -0.39 is 11.5 Å². The van der Waals surface area contributed by atoms with Crippen molar-refractivity contribution < 1.29 is 9.90 Å². The van der Waals surface area contributed by atoms with E-state index >= 15 is 0 Å². The zero-order valence-electron chi connectivity index (χ0n) is 12.8. The largest absolute Gasteiger partial charge is 0.480 e. The molecule has 0 saturated heterocycles. The number of thioether (sulfide) groups is 1. The van der Waals surface area contributed by atoms with Crippen LogP contribution in [0.2, 0.25) is 0 Å². The summed E-state index contributed by atoms with van der Waals surface area (Å²) in [6.45, 7) is 3.97. The van der Waals surface area contributed by atoms with Crippen LogP contribution in [0.3, 0.4) is 0 Å². The summed E-state index contributed by atoms with van der Waals surface area (Å²) in [7, 11) is 3.84. The molecule has 1 atom stereocenters. The zero-order chi connectivity index (χ0) is 15.6. The van der Waals surface area contributed by atoms with Gasteiger partial charge in [0, 0.05) is 25.9 Å². The van der Waals surface area contributed by atoms with E-state index in [1.54, 1.807) is 0 Å². The van der Waals surface area contributed by atoms with E-state index in [1.165, 1.54) is 23.1 Å². The number of nitrogens with one attached hydrogen (secondary N) is 1. The van der Waals surface area contributed by atoms with Gasteiger partial charge in [0.05, 0.1) is 0 Å². The third-order valence-corrected chi connectivity index (χ3v) is 5.82. The van der Waals surface area contributed by atoms with Gasteiger partial charge in [0.25, 0.3) is 0 Å². The first-order valence-corrected chi connectivity index (χ1v) is 8.80. The summed E-state index contributed by atoms with van der Waals surface area (Å²) in [5.41, 5.74) is -0.858. The maximum Gasteiger partial charge on any atom is 0.325 e. The molecule has 0 aromatic carbocycles. The second-order valence-corrected chi connectivity index (χ2v) is 8.06. The lowest BCUT2D eigenvalue weighted by atomic mass is 9.94. The average molecular weight is 330 g/mol. The number of hydrogen-bond donors (Lipinski definition) is 2. The molecule has 1 unspecified atom stereocenters. The Hall–Kier alpha value is -0.860. The van der Waals surface area contributed by atoms with Gasteiger partial charge in [-0.05, 0) is 32.6 Å². The van der Waals surface area contributed by atoms with Crippen molar-refractivity contribution in [2.24, 2.45) is 5.92 Å². The second-order valence-electron chi connectivity index (χ2n) is 5.88. The maximum absolute atomic E-state index is 11.9. The van der Waals surface area contributed by atoms with Crippen LogP contribution in [0.5, 0.6) is 0 Å². The number of aromatic nitrogens is 2. The van der Waals surface area contributed by atoms with E-state index in [-0.39, 0.29) is 12.0 Å². The molecule has 0 radical (unpaired) electrons. The van der Waals surface area contributed by atoms with E-state index in [1.807, 2.05) is 32.8 Å². The van der Waals surface area contributed by atoms with E-state index in [0.717, 1.165) is 22.3 Å². The van der Waals surface area contributed by atoms with Crippen molar-refractivity contribution in [1.29, 1.82) is 0 Å². The predicted octanol–water partition coefficient (Wildman–Crippen LogP) is 1.93. The summed E-state index contributed by atoms with van der Waals surface area (Å²) < 4.78 is 0.815. The SMILES string of the molecule is CC(C)NC(CSc1nnc(N(C)C)s1)(C(=O)O)C1CC1. The molecular weight excluding hydrogens is 308 g/mol. The van der Waals surface area contributed by atoms with Gasteiger partial charge in [0.2, 0.25) is 5.13 Å². The van der Waals surface area contributed by atoms with Crippen LogP contribution in [0.25, 0.3) is 0 Å². The molecule has 1 fully saturated rings. The minimum atomic E-state index is -0.858. The van der Waals surface area contributed by atoms with Crippen molar-refractivity contribution >= 4 is 34.2 Å². The fourth-order valence-electron chi connectivity index (χ4n) is 2.28. The average Bonchev–Trinajstić information content (AvgIpc) is 3.12. The Morgan fingerprint density at radius 1 is 1.52 bits per heavy atom. The lowest BCUT2D eigenvalue weighted by Crippen LogP contribution is -2.58. The fraction of sp³-hybridized carbons (Fsp3) is 0.769. The third-order valence-electron chi connectivity index (χ3n) is 3.40. The van der Waals surface area contributed by atoms with E-state index in [4.69, 9.17) is 0 Å². The topological polar surface area (TPSA) is 78.4 Å². The summed E-state index contributed by atoms with van der Waals surface area (Å²) in [5, 5.41) is 22.1. The highest BCUT2D eigenvalue weighted by molar-refractivity contribution is 8.01. The van der Waals surface area contributed by atoms with Gasteiger partial charge in [-0.2, -0.15) is 0 Å². The highest BCUT2D eigenvalue weighted by atomic mass is 32.2. The Morgan fingerprint density at radius 3 is 2.62 bits per heavy atom. The molecule has 0 spiro atoms. The molecule has 0 amide bonds. The molecule has 2 N–H and O–H groups in total. The Labute approximate surface area is 133 Å². The van der Waals surface area contributed by atoms with Gasteiger partial charge in [-0.25, -0.2) is 0 Å². The summed E-state index contributed by atoms with van der Waals surface area (Å²) in [5.74, 6) is -0.0672. The lowest BCUT2D eigenvalue weighted by molar-refractivity contribution is -0.145. The molecule has 118 valence electrons. The first-order valence-electron chi connectivity index (χ1n) is 7.00. The van der Waals surface area contributed by atoms with Gasteiger partial charge in [0.1, 0.15) is 5.54 Å². The predicted molar refractivity (Wildman–Crippen MR) is 86.3 cm³/mol. The molecule has 2 rings (SSSR count). The number of anilines is 1. The number of aliphatic carboxylic acids is 1. The number of hydrogen-bond acceptors (Lipinski definition) is 7. The van der Waals surface area contributed by atoms with Gasteiger partial charge < -0.3 is 10.0 Å². The quantitative estimate of drug-likeness (QED) is 0.705. The molecule has 1 aliphatic carbocycles. The number of carbonyl (C=O) groups is 1. The van der Waals surface area contributed by atoms with Crippen molar-refractivity contribution in [3.8, 4) is 0 Å². The number of carboxylic acids is 1. The smallest absolute Gasteiger partial charge is 0.325 e. The highest BCUT2D eigenvalue weighted by Gasteiger charge is 2.51. The molecule has 6 nitrogen and oxygen atoms in total. The number of rotatable bonds is 8. The maximum atomic E-state index is 11.9. The Bertz CT molecular complexity index is 502. The van der Waals surface area contributed by atoms with Gasteiger partial charge in [0.15, 0.2) is 4.34 Å². The molecule has 1 aromatic rings.